The highest BCUT2D eigenvalue weighted by atomic mass is 16.3. The first-order valence-electron chi connectivity index (χ1n) is 6.10. The van der Waals surface area contributed by atoms with Crippen LogP contribution in [0, 0.1) is 0 Å². The van der Waals surface area contributed by atoms with Crippen molar-refractivity contribution in [2.75, 3.05) is 6.61 Å². The SMILES string of the molecule is CCC(CC)(CO)NC(=O)c1cc(C(C)=O)c[nH]1. The summed E-state index contributed by atoms with van der Waals surface area (Å²) in [6, 6.07) is 1.52. The lowest BCUT2D eigenvalue weighted by Crippen LogP contribution is -2.50. The summed E-state index contributed by atoms with van der Waals surface area (Å²) in [5.74, 6) is -0.398. The number of ketones is 1. The van der Waals surface area contributed by atoms with Crippen molar-refractivity contribution < 1.29 is 14.7 Å². The van der Waals surface area contributed by atoms with Gasteiger partial charge in [-0.3, -0.25) is 9.59 Å². The predicted octanol–water partition coefficient (Wildman–Crippen LogP) is 1.50. The van der Waals surface area contributed by atoms with E-state index in [1.54, 1.807) is 0 Å². The number of nitrogens with one attached hydrogen (secondary N) is 2. The van der Waals surface area contributed by atoms with Crippen molar-refractivity contribution in [1.29, 1.82) is 0 Å². The van der Waals surface area contributed by atoms with Gasteiger partial charge in [-0.1, -0.05) is 13.8 Å². The molecule has 0 aliphatic heterocycles. The highest BCUT2D eigenvalue weighted by Gasteiger charge is 2.28. The minimum absolute atomic E-state index is 0.0929. The Bertz CT molecular complexity index is 425. The van der Waals surface area contributed by atoms with Crippen molar-refractivity contribution in [3.8, 4) is 0 Å². The second kappa shape index (κ2) is 5.82. The topological polar surface area (TPSA) is 82.2 Å². The van der Waals surface area contributed by atoms with Gasteiger partial charge in [-0.05, 0) is 25.8 Å². The van der Waals surface area contributed by atoms with Crippen LogP contribution < -0.4 is 5.32 Å². The van der Waals surface area contributed by atoms with Crippen molar-refractivity contribution in [3.05, 3.63) is 23.5 Å². The maximum atomic E-state index is 12.0. The van der Waals surface area contributed by atoms with Gasteiger partial charge < -0.3 is 15.4 Å². The van der Waals surface area contributed by atoms with E-state index < -0.39 is 5.54 Å². The Kier molecular flexibility index (Phi) is 4.67. The first-order valence-corrected chi connectivity index (χ1v) is 6.10. The third-order valence-electron chi connectivity index (χ3n) is 3.37. The van der Waals surface area contributed by atoms with Gasteiger partial charge in [-0.15, -0.1) is 0 Å². The Morgan fingerprint density at radius 3 is 2.39 bits per heavy atom. The monoisotopic (exact) mass is 252 g/mol. The summed E-state index contributed by atoms with van der Waals surface area (Å²) in [6.07, 6.45) is 2.80. The third kappa shape index (κ3) is 2.98. The van der Waals surface area contributed by atoms with Crippen LogP contribution in [-0.2, 0) is 0 Å². The van der Waals surface area contributed by atoms with Crippen LogP contribution >= 0.6 is 0 Å². The molecule has 0 aliphatic carbocycles. The fourth-order valence-corrected chi connectivity index (χ4v) is 1.73. The molecule has 0 atom stereocenters. The quantitative estimate of drug-likeness (QED) is 0.671. The van der Waals surface area contributed by atoms with Crippen LogP contribution in [0.4, 0.5) is 0 Å². The number of carbonyl (C=O) groups excluding carboxylic acids is 2. The van der Waals surface area contributed by atoms with Crippen LogP contribution in [0.15, 0.2) is 12.3 Å². The van der Waals surface area contributed by atoms with Gasteiger partial charge in [-0.25, -0.2) is 0 Å². The van der Waals surface area contributed by atoms with E-state index in [-0.39, 0.29) is 18.3 Å². The molecule has 0 saturated heterocycles. The maximum absolute atomic E-state index is 12.0. The number of hydrogen-bond donors (Lipinski definition) is 3. The Morgan fingerprint density at radius 1 is 1.39 bits per heavy atom. The molecule has 5 nitrogen and oxygen atoms in total. The first kappa shape index (κ1) is 14.4. The molecule has 0 fully saturated rings. The van der Waals surface area contributed by atoms with Gasteiger partial charge in [-0.2, -0.15) is 0 Å². The highest BCUT2D eigenvalue weighted by molar-refractivity contribution is 5.99. The standard InChI is InChI=1S/C13H20N2O3/c1-4-13(5-2,8-16)15-12(18)11-6-10(7-14-11)9(3)17/h6-7,14,16H,4-5,8H2,1-3H3,(H,15,18). The molecule has 5 heteroatoms. The van der Waals surface area contributed by atoms with Crippen LogP contribution in [0.1, 0.15) is 54.5 Å². The number of aliphatic hydroxyl groups excluding tert-OH is 1. The molecule has 1 aromatic rings. The molecule has 1 rings (SSSR count). The summed E-state index contributed by atoms with van der Waals surface area (Å²) < 4.78 is 0. The molecular formula is C13H20N2O3. The van der Waals surface area contributed by atoms with Crippen molar-refractivity contribution >= 4 is 11.7 Å². The number of aromatic amines is 1. The van der Waals surface area contributed by atoms with Crippen LogP contribution in [-0.4, -0.2) is 33.9 Å². The summed E-state index contributed by atoms with van der Waals surface area (Å²) in [5.41, 5.74) is 0.209. The van der Waals surface area contributed by atoms with E-state index in [0.29, 0.717) is 24.1 Å². The molecule has 0 unspecified atom stereocenters. The number of H-pyrrole nitrogens is 1. The van der Waals surface area contributed by atoms with E-state index in [2.05, 4.69) is 10.3 Å². The van der Waals surface area contributed by atoms with Gasteiger partial charge in [0.05, 0.1) is 12.1 Å². The molecule has 0 aliphatic rings. The third-order valence-corrected chi connectivity index (χ3v) is 3.37. The van der Waals surface area contributed by atoms with Crippen LogP contribution in [0.2, 0.25) is 0 Å². The Balaban J connectivity index is 2.84. The zero-order chi connectivity index (χ0) is 13.8. The van der Waals surface area contributed by atoms with Gasteiger partial charge in [0.2, 0.25) is 0 Å². The van der Waals surface area contributed by atoms with Crippen LogP contribution in [0.5, 0.6) is 0 Å². The van der Waals surface area contributed by atoms with Crippen molar-refractivity contribution in [2.24, 2.45) is 0 Å². The Hall–Kier alpha value is -1.62. The lowest BCUT2D eigenvalue weighted by Gasteiger charge is -2.30. The van der Waals surface area contributed by atoms with E-state index in [1.165, 1.54) is 19.2 Å². The summed E-state index contributed by atoms with van der Waals surface area (Å²) in [6.45, 7) is 5.17. The fraction of sp³-hybridized carbons (Fsp3) is 0.538. The number of Topliss-reactive ketones (excluding diaryl/α,β-unsaturated/α-hetero) is 1. The molecule has 100 valence electrons. The average Bonchev–Trinajstić information content (AvgIpc) is 2.86. The van der Waals surface area contributed by atoms with Crippen molar-refractivity contribution in [1.82, 2.24) is 10.3 Å². The molecule has 0 bridgehead atoms. The highest BCUT2D eigenvalue weighted by Crippen LogP contribution is 2.15. The zero-order valence-corrected chi connectivity index (χ0v) is 11.0. The van der Waals surface area contributed by atoms with E-state index >= 15 is 0 Å². The molecule has 3 N–H and O–H groups in total. The number of aliphatic hydroxyl groups is 1. The smallest absolute Gasteiger partial charge is 0.268 e. The van der Waals surface area contributed by atoms with Crippen LogP contribution in [0.25, 0.3) is 0 Å². The normalized spacial score (nSPS) is 11.3. The fourth-order valence-electron chi connectivity index (χ4n) is 1.73. The van der Waals surface area contributed by atoms with Crippen molar-refractivity contribution in [3.63, 3.8) is 0 Å². The van der Waals surface area contributed by atoms with Gasteiger partial charge >= 0.3 is 0 Å². The summed E-state index contributed by atoms with van der Waals surface area (Å²) in [4.78, 5) is 25.9. The lowest BCUT2D eigenvalue weighted by atomic mass is 9.93. The Morgan fingerprint density at radius 2 is 2.00 bits per heavy atom. The molecule has 0 aromatic carbocycles. The van der Waals surface area contributed by atoms with E-state index in [1.807, 2.05) is 13.8 Å². The van der Waals surface area contributed by atoms with E-state index in [0.717, 1.165) is 0 Å². The number of carbonyl (C=O) groups is 2. The Labute approximate surface area is 107 Å². The first-order chi connectivity index (χ1) is 8.48. The molecule has 18 heavy (non-hydrogen) atoms. The molecule has 0 spiro atoms. The van der Waals surface area contributed by atoms with Crippen molar-refractivity contribution in [2.45, 2.75) is 39.2 Å². The van der Waals surface area contributed by atoms with Gasteiger partial charge in [0.1, 0.15) is 5.69 Å². The molecular weight excluding hydrogens is 232 g/mol. The van der Waals surface area contributed by atoms with E-state index in [4.69, 9.17) is 0 Å². The largest absolute Gasteiger partial charge is 0.394 e. The summed E-state index contributed by atoms with van der Waals surface area (Å²) >= 11 is 0. The minimum Gasteiger partial charge on any atom is -0.394 e. The predicted molar refractivity (Wildman–Crippen MR) is 68.7 cm³/mol. The second-order valence-corrected chi connectivity index (χ2v) is 4.46. The summed E-state index contributed by atoms with van der Waals surface area (Å²) in [5, 5.41) is 12.2. The minimum atomic E-state index is -0.599. The second-order valence-electron chi connectivity index (χ2n) is 4.46. The molecule has 1 amide bonds. The zero-order valence-electron chi connectivity index (χ0n) is 11.0. The van der Waals surface area contributed by atoms with Gasteiger partial charge in [0.15, 0.2) is 5.78 Å². The average molecular weight is 252 g/mol. The number of aromatic nitrogens is 1. The summed E-state index contributed by atoms with van der Waals surface area (Å²) in [7, 11) is 0. The maximum Gasteiger partial charge on any atom is 0.268 e. The molecule has 0 saturated carbocycles. The molecule has 1 heterocycles. The molecule has 0 radical (unpaired) electrons. The molecule has 1 aromatic heterocycles. The lowest BCUT2D eigenvalue weighted by molar-refractivity contribution is 0.0813. The van der Waals surface area contributed by atoms with Crippen LogP contribution in [0.3, 0.4) is 0 Å². The van der Waals surface area contributed by atoms with Gasteiger partial charge in [0, 0.05) is 11.8 Å². The number of rotatable bonds is 6. The van der Waals surface area contributed by atoms with Gasteiger partial charge in [0.25, 0.3) is 5.91 Å². The number of hydrogen-bond acceptors (Lipinski definition) is 3. The van der Waals surface area contributed by atoms with E-state index in [9.17, 15) is 14.7 Å². The number of amides is 1.